The molecule has 1 aromatic carbocycles. The number of hydrogen-bond donors (Lipinski definition) is 2. The van der Waals surface area contributed by atoms with Crippen molar-refractivity contribution in [3.8, 4) is 0 Å². The van der Waals surface area contributed by atoms with Crippen LogP contribution in [0.2, 0.25) is 0 Å². The summed E-state index contributed by atoms with van der Waals surface area (Å²) < 4.78 is 0. The number of halogens is 1. The summed E-state index contributed by atoms with van der Waals surface area (Å²) in [5, 5.41) is 8.05. The van der Waals surface area contributed by atoms with Gasteiger partial charge in [-0.05, 0) is 44.2 Å². The highest BCUT2D eigenvalue weighted by molar-refractivity contribution is 14.0. The average molecular weight is 456 g/mol. The van der Waals surface area contributed by atoms with Gasteiger partial charge >= 0.3 is 0 Å². The number of guanidine groups is 1. The summed E-state index contributed by atoms with van der Waals surface area (Å²) >= 11 is 1.75. The molecule has 1 aliphatic rings. The monoisotopic (exact) mass is 456 g/mol. The molecule has 0 amide bonds. The maximum atomic E-state index is 4.57. The minimum absolute atomic E-state index is 0. The van der Waals surface area contributed by atoms with E-state index >= 15 is 0 Å². The van der Waals surface area contributed by atoms with Gasteiger partial charge in [-0.25, -0.2) is 4.98 Å². The van der Waals surface area contributed by atoms with Crippen molar-refractivity contribution in [1.29, 1.82) is 0 Å². The summed E-state index contributed by atoms with van der Waals surface area (Å²) in [6.07, 6.45) is 3.34. The first-order chi connectivity index (χ1) is 11.2. The molecule has 2 aromatic rings. The summed E-state index contributed by atoms with van der Waals surface area (Å²) in [6, 6.07) is 9.18. The number of nitrogens with zero attached hydrogens (tertiary/aromatic N) is 2. The van der Waals surface area contributed by atoms with Gasteiger partial charge in [0.1, 0.15) is 5.01 Å². The predicted octanol–water partition coefficient (Wildman–Crippen LogP) is 3.60. The van der Waals surface area contributed by atoms with Crippen molar-refractivity contribution in [1.82, 2.24) is 15.6 Å². The molecule has 0 saturated heterocycles. The number of aliphatic imine (C=N–C) groups is 1. The molecule has 0 bridgehead atoms. The van der Waals surface area contributed by atoms with E-state index in [1.54, 1.807) is 11.3 Å². The highest BCUT2D eigenvalue weighted by Gasteiger charge is 2.19. The maximum absolute atomic E-state index is 4.57. The lowest BCUT2D eigenvalue weighted by Crippen LogP contribution is -2.45. The highest BCUT2D eigenvalue weighted by Crippen LogP contribution is 2.21. The lowest BCUT2D eigenvalue weighted by molar-refractivity contribution is 0.520. The zero-order valence-corrected chi connectivity index (χ0v) is 17.6. The van der Waals surface area contributed by atoms with Crippen LogP contribution in [0.5, 0.6) is 0 Å². The summed E-state index contributed by atoms with van der Waals surface area (Å²) in [5.41, 5.74) is 4.07. The number of benzene rings is 1. The number of nitrogens with one attached hydrogen (secondary N) is 2. The van der Waals surface area contributed by atoms with Crippen LogP contribution in [0.15, 0.2) is 29.3 Å². The van der Waals surface area contributed by atoms with Gasteiger partial charge in [-0.1, -0.05) is 24.3 Å². The molecule has 1 aliphatic carbocycles. The van der Waals surface area contributed by atoms with Crippen LogP contribution in [0.1, 0.15) is 33.1 Å². The van der Waals surface area contributed by atoms with Crippen LogP contribution in [0.25, 0.3) is 0 Å². The molecule has 2 N–H and O–H groups in total. The zero-order valence-electron chi connectivity index (χ0n) is 14.4. The Labute approximate surface area is 165 Å². The minimum atomic E-state index is 0. The van der Waals surface area contributed by atoms with Crippen molar-refractivity contribution in [3.05, 3.63) is 51.0 Å². The average Bonchev–Trinajstić information content (AvgIpc) is 2.89. The molecule has 130 valence electrons. The molecule has 1 unspecified atom stereocenters. The number of aromatic nitrogens is 1. The largest absolute Gasteiger partial charge is 0.353 e. The number of fused-ring (bicyclic) bond motifs is 1. The van der Waals surface area contributed by atoms with Gasteiger partial charge in [-0.3, -0.25) is 4.99 Å². The second-order valence-electron chi connectivity index (χ2n) is 6.03. The topological polar surface area (TPSA) is 49.3 Å². The van der Waals surface area contributed by atoms with Crippen LogP contribution in [0.4, 0.5) is 0 Å². The normalized spacial score (nSPS) is 17.0. The van der Waals surface area contributed by atoms with E-state index in [0.717, 1.165) is 42.5 Å². The fourth-order valence-corrected chi connectivity index (χ4v) is 3.86. The van der Waals surface area contributed by atoms with E-state index < -0.39 is 0 Å². The SMILES string of the molecule is CN=C(NCc1nc(C)c(C)s1)NC1CCc2ccccc2C1.I. The molecule has 1 atom stereocenters. The molecule has 0 spiro atoms. The molecule has 0 aliphatic heterocycles. The van der Waals surface area contributed by atoms with E-state index in [4.69, 9.17) is 0 Å². The standard InChI is InChI=1S/C18H24N4S.HI/c1-12-13(2)23-17(21-12)11-20-18(19-3)22-16-9-8-14-6-4-5-7-15(14)10-16;/h4-7,16H,8-11H2,1-3H3,(H2,19,20,22);1H. The van der Waals surface area contributed by atoms with E-state index in [2.05, 4.69) is 58.7 Å². The number of hydrogen-bond acceptors (Lipinski definition) is 3. The van der Waals surface area contributed by atoms with Gasteiger partial charge in [-0.2, -0.15) is 0 Å². The quantitative estimate of drug-likeness (QED) is 0.422. The van der Waals surface area contributed by atoms with Crippen molar-refractivity contribution >= 4 is 41.3 Å². The summed E-state index contributed by atoms with van der Waals surface area (Å²) in [7, 11) is 1.82. The second-order valence-corrected chi connectivity index (χ2v) is 7.32. The lowest BCUT2D eigenvalue weighted by atomic mass is 9.88. The van der Waals surface area contributed by atoms with Crippen molar-refractivity contribution in [2.75, 3.05) is 7.05 Å². The van der Waals surface area contributed by atoms with Crippen molar-refractivity contribution in [3.63, 3.8) is 0 Å². The molecule has 4 nitrogen and oxygen atoms in total. The predicted molar refractivity (Wildman–Crippen MR) is 113 cm³/mol. The van der Waals surface area contributed by atoms with E-state index in [1.165, 1.54) is 16.0 Å². The number of thiazole rings is 1. The third kappa shape index (κ3) is 4.69. The van der Waals surface area contributed by atoms with Gasteiger partial charge in [0.15, 0.2) is 5.96 Å². The van der Waals surface area contributed by atoms with Crippen LogP contribution in [0, 0.1) is 13.8 Å². The van der Waals surface area contributed by atoms with Gasteiger partial charge < -0.3 is 10.6 Å². The summed E-state index contributed by atoms with van der Waals surface area (Å²) in [6.45, 7) is 4.90. The molecule has 0 fully saturated rings. The van der Waals surface area contributed by atoms with E-state index in [9.17, 15) is 0 Å². The third-order valence-corrected chi connectivity index (χ3v) is 5.46. The Morgan fingerprint density at radius 3 is 2.71 bits per heavy atom. The van der Waals surface area contributed by atoms with Crippen LogP contribution in [-0.4, -0.2) is 24.0 Å². The second kappa shape index (κ2) is 8.80. The Bertz CT molecular complexity index is 691. The van der Waals surface area contributed by atoms with Crippen molar-refractivity contribution < 1.29 is 0 Å². The molecule has 0 radical (unpaired) electrons. The number of rotatable bonds is 3. The molecule has 24 heavy (non-hydrogen) atoms. The first-order valence-corrected chi connectivity index (χ1v) is 8.94. The maximum Gasteiger partial charge on any atom is 0.191 e. The fourth-order valence-electron chi connectivity index (χ4n) is 2.98. The molecule has 3 rings (SSSR count). The fraction of sp³-hybridized carbons (Fsp3) is 0.444. The lowest BCUT2D eigenvalue weighted by Gasteiger charge is -2.27. The summed E-state index contributed by atoms with van der Waals surface area (Å²) in [5.74, 6) is 0.861. The van der Waals surface area contributed by atoms with E-state index in [0.29, 0.717) is 6.04 Å². The Morgan fingerprint density at radius 1 is 1.29 bits per heavy atom. The molecule has 1 aromatic heterocycles. The zero-order chi connectivity index (χ0) is 16.2. The van der Waals surface area contributed by atoms with Gasteiger partial charge in [0.25, 0.3) is 0 Å². The van der Waals surface area contributed by atoms with Gasteiger partial charge in [0, 0.05) is 18.0 Å². The minimum Gasteiger partial charge on any atom is -0.353 e. The Morgan fingerprint density at radius 2 is 2.04 bits per heavy atom. The van der Waals surface area contributed by atoms with E-state index in [1.807, 2.05) is 7.05 Å². The molecule has 0 saturated carbocycles. The Kier molecular flexibility index (Phi) is 7.03. The number of aryl methyl sites for hydroxylation is 3. The summed E-state index contributed by atoms with van der Waals surface area (Å²) in [4.78, 5) is 10.2. The van der Waals surface area contributed by atoms with Crippen molar-refractivity contribution in [2.24, 2.45) is 4.99 Å². The first kappa shape index (κ1) is 19.2. The third-order valence-electron chi connectivity index (χ3n) is 4.39. The van der Waals surface area contributed by atoms with E-state index in [-0.39, 0.29) is 24.0 Å². The van der Waals surface area contributed by atoms with Gasteiger partial charge in [-0.15, -0.1) is 35.3 Å². The van der Waals surface area contributed by atoms with Gasteiger partial charge in [0.05, 0.1) is 12.2 Å². The molecule has 1 heterocycles. The van der Waals surface area contributed by atoms with Crippen LogP contribution in [-0.2, 0) is 19.4 Å². The first-order valence-electron chi connectivity index (χ1n) is 8.12. The van der Waals surface area contributed by atoms with Crippen molar-refractivity contribution in [2.45, 2.75) is 45.7 Å². The Hall–Kier alpha value is -1.15. The van der Waals surface area contributed by atoms with Crippen LogP contribution >= 0.6 is 35.3 Å². The van der Waals surface area contributed by atoms with Crippen LogP contribution < -0.4 is 10.6 Å². The smallest absolute Gasteiger partial charge is 0.191 e. The molecular formula is C18H25IN4S. The molecular weight excluding hydrogens is 431 g/mol. The highest BCUT2D eigenvalue weighted by atomic mass is 127. The Balaban J connectivity index is 0.00000208. The molecule has 6 heteroatoms. The van der Waals surface area contributed by atoms with Crippen LogP contribution in [0.3, 0.4) is 0 Å². The van der Waals surface area contributed by atoms with Gasteiger partial charge in [0.2, 0.25) is 0 Å².